The molecule has 22 heavy (non-hydrogen) atoms. The van der Waals surface area contributed by atoms with Gasteiger partial charge in [-0.25, -0.2) is 8.42 Å². The van der Waals surface area contributed by atoms with E-state index in [0.29, 0.717) is 19.4 Å². The molecule has 2 rings (SSSR count). The highest BCUT2D eigenvalue weighted by atomic mass is 32.2. The van der Waals surface area contributed by atoms with Crippen LogP contribution < -0.4 is 0 Å². The van der Waals surface area contributed by atoms with Crippen LogP contribution in [0.2, 0.25) is 0 Å². The van der Waals surface area contributed by atoms with E-state index in [9.17, 15) is 13.2 Å². The molecule has 4 nitrogen and oxygen atoms in total. The van der Waals surface area contributed by atoms with Crippen LogP contribution in [0.3, 0.4) is 0 Å². The minimum absolute atomic E-state index is 0.0763. The van der Waals surface area contributed by atoms with E-state index in [1.807, 2.05) is 37.3 Å². The maximum absolute atomic E-state index is 12.4. The second-order valence-electron chi connectivity index (χ2n) is 5.56. The van der Waals surface area contributed by atoms with Crippen molar-refractivity contribution in [1.29, 1.82) is 0 Å². The molecule has 0 radical (unpaired) electrons. The van der Waals surface area contributed by atoms with Gasteiger partial charge in [0.05, 0.1) is 11.5 Å². The van der Waals surface area contributed by atoms with Gasteiger partial charge < -0.3 is 4.90 Å². The molecule has 0 aromatic heterocycles. The SMILES string of the molecule is CCCN(C(=O)CCSc1ccccc1)C1CCS(=O)(=O)C1. The third kappa shape index (κ3) is 5.02. The fourth-order valence-corrected chi connectivity index (χ4v) is 5.28. The monoisotopic (exact) mass is 341 g/mol. The highest BCUT2D eigenvalue weighted by Crippen LogP contribution is 2.21. The van der Waals surface area contributed by atoms with Crippen molar-refractivity contribution in [2.24, 2.45) is 0 Å². The zero-order valence-electron chi connectivity index (χ0n) is 12.9. The smallest absolute Gasteiger partial charge is 0.223 e. The summed E-state index contributed by atoms with van der Waals surface area (Å²) in [5.74, 6) is 1.14. The Hall–Kier alpha value is -1.01. The molecule has 0 N–H and O–H groups in total. The van der Waals surface area contributed by atoms with Gasteiger partial charge in [-0.15, -0.1) is 11.8 Å². The maximum atomic E-state index is 12.4. The van der Waals surface area contributed by atoms with E-state index >= 15 is 0 Å². The molecule has 1 atom stereocenters. The van der Waals surface area contributed by atoms with Crippen LogP contribution in [0.1, 0.15) is 26.2 Å². The first-order valence-corrected chi connectivity index (χ1v) is 10.5. The molecule has 0 saturated carbocycles. The van der Waals surface area contributed by atoms with Crippen molar-refractivity contribution in [2.45, 2.75) is 37.1 Å². The molecule has 1 amide bonds. The van der Waals surface area contributed by atoms with Crippen LogP contribution >= 0.6 is 11.8 Å². The van der Waals surface area contributed by atoms with Gasteiger partial charge in [-0.2, -0.15) is 0 Å². The normalized spacial score (nSPS) is 20.0. The van der Waals surface area contributed by atoms with Crippen molar-refractivity contribution in [3.05, 3.63) is 30.3 Å². The van der Waals surface area contributed by atoms with Crippen LogP contribution in [0, 0.1) is 0 Å². The molecule has 0 aliphatic carbocycles. The van der Waals surface area contributed by atoms with Crippen LogP contribution in [0.5, 0.6) is 0 Å². The number of thioether (sulfide) groups is 1. The first-order valence-electron chi connectivity index (χ1n) is 7.69. The second-order valence-corrected chi connectivity index (χ2v) is 8.95. The van der Waals surface area contributed by atoms with E-state index < -0.39 is 9.84 Å². The van der Waals surface area contributed by atoms with Crippen molar-refractivity contribution >= 4 is 27.5 Å². The lowest BCUT2D eigenvalue weighted by Crippen LogP contribution is -2.41. The summed E-state index contributed by atoms with van der Waals surface area (Å²) in [4.78, 5) is 15.4. The average molecular weight is 341 g/mol. The summed E-state index contributed by atoms with van der Waals surface area (Å²) in [7, 11) is -2.95. The number of benzene rings is 1. The van der Waals surface area contributed by atoms with Crippen LogP contribution in [0.15, 0.2) is 35.2 Å². The molecule has 1 aliphatic rings. The van der Waals surface area contributed by atoms with Gasteiger partial charge in [0.2, 0.25) is 5.91 Å². The summed E-state index contributed by atoms with van der Waals surface area (Å²) in [5, 5.41) is 0. The molecule has 1 unspecified atom stereocenters. The lowest BCUT2D eigenvalue weighted by atomic mass is 10.2. The lowest BCUT2D eigenvalue weighted by molar-refractivity contribution is -0.132. The summed E-state index contributed by atoms with van der Waals surface area (Å²) in [6.45, 7) is 2.66. The third-order valence-corrected chi connectivity index (χ3v) is 6.53. The molecule has 1 aliphatic heterocycles. The zero-order valence-corrected chi connectivity index (χ0v) is 14.5. The number of hydrogen-bond acceptors (Lipinski definition) is 4. The van der Waals surface area contributed by atoms with E-state index in [1.165, 1.54) is 0 Å². The minimum Gasteiger partial charge on any atom is -0.339 e. The Morgan fingerprint density at radius 3 is 2.64 bits per heavy atom. The van der Waals surface area contributed by atoms with E-state index in [4.69, 9.17) is 0 Å². The standard InChI is InChI=1S/C16H23NO3S2/c1-2-10-17(14-9-12-22(19,20)13-14)16(18)8-11-21-15-6-4-3-5-7-15/h3-7,14H,2,8-13H2,1H3. The first kappa shape index (κ1) is 17.3. The second kappa shape index (κ2) is 8.02. The van der Waals surface area contributed by atoms with Crippen molar-refractivity contribution < 1.29 is 13.2 Å². The molecular weight excluding hydrogens is 318 g/mol. The van der Waals surface area contributed by atoms with Gasteiger partial charge in [-0.3, -0.25) is 4.79 Å². The topological polar surface area (TPSA) is 54.5 Å². The summed E-state index contributed by atoms with van der Waals surface area (Å²) >= 11 is 1.66. The highest BCUT2D eigenvalue weighted by molar-refractivity contribution is 7.99. The summed E-state index contributed by atoms with van der Waals surface area (Å²) in [6.07, 6.45) is 1.89. The minimum atomic E-state index is -2.95. The quantitative estimate of drug-likeness (QED) is 0.715. The van der Waals surface area contributed by atoms with Crippen molar-refractivity contribution in [1.82, 2.24) is 4.90 Å². The Morgan fingerprint density at radius 2 is 2.05 bits per heavy atom. The first-order chi connectivity index (χ1) is 10.5. The van der Waals surface area contributed by atoms with Crippen LogP contribution in [-0.4, -0.2) is 49.1 Å². The number of carbonyl (C=O) groups excluding carboxylic acids is 1. The Kier molecular flexibility index (Phi) is 6.32. The Labute approximate surface area is 137 Å². The van der Waals surface area contributed by atoms with E-state index in [1.54, 1.807) is 16.7 Å². The van der Waals surface area contributed by atoms with E-state index in [0.717, 1.165) is 17.1 Å². The fourth-order valence-electron chi connectivity index (χ4n) is 2.69. The molecule has 1 aromatic rings. The highest BCUT2D eigenvalue weighted by Gasteiger charge is 2.33. The summed E-state index contributed by atoms with van der Waals surface area (Å²) in [5.41, 5.74) is 0. The molecule has 1 fully saturated rings. The predicted molar refractivity (Wildman–Crippen MR) is 90.8 cm³/mol. The number of amides is 1. The maximum Gasteiger partial charge on any atom is 0.223 e. The molecule has 1 aromatic carbocycles. The zero-order chi connectivity index (χ0) is 16.0. The number of sulfone groups is 1. The third-order valence-electron chi connectivity index (χ3n) is 3.76. The van der Waals surface area contributed by atoms with E-state index in [2.05, 4.69) is 0 Å². The fraction of sp³-hybridized carbons (Fsp3) is 0.562. The largest absolute Gasteiger partial charge is 0.339 e. The van der Waals surface area contributed by atoms with Gasteiger partial charge in [0.1, 0.15) is 0 Å². The molecule has 1 heterocycles. The molecule has 0 bridgehead atoms. The number of rotatable bonds is 7. The molecule has 1 saturated heterocycles. The summed E-state index contributed by atoms with van der Waals surface area (Å²) in [6, 6.07) is 9.87. The van der Waals surface area contributed by atoms with Crippen LogP contribution in [0.25, 0.3) is 0 Å². The molecule has 122 valence electrons. The lowest BCUT2D eigenvalue weighted by Gasteiger charge is -2.28. The van der Waals surface area contributed by atoms with Crippen molar-refractivity contribution in [2.75, 3.05) is 23.8 Å². The number of carbonyl (C=O) groups is 1. The van der Waals surface area contributed by atoms with Crippen LogP contribution in [0.4, 0.5) is 0 Å². The van der Waals surface area contributed by atoms with Gasteiger partial charge in [-0.05, 0) is 25.0 Å². The van der Waals surface area contributed by atoms with Crippen LogP contribution in [-0.2, 0) is 14.6 Å². The molecule has 0 spiro atoms. The number of nitrogens with zero attached hydrogens (tertiary/aromatic N) is 1. The Balaban J connectivity index is 1.87. The van der Waals surface area contributed by atoms with Gasteiger partial charge in [0.15, 0.2) is 9.84 Å². The Morgan fingerprint density at radius 1 is 1.32 bits per heavy atom. The predicted octanol–water partition coefficient (Wildman–Crippen LogP) is 2.59. The molecular formula is C16H23NO3S2. The Bertz CT molecular complexity index is 587. The van der Waals surface area contributed by atoms with E-state index in [-0.39, 0.29) is 23.5 Å². The summed E-state index contributed by atoms with van der Waals surface area (Å²) < 4.78 is 23.3. The van der Waals surface area contributed by atoms with Gasteiger partial charge >= 0.3 is 0 Å². The van der Waals surface area contributed by atoms with Crippen molar-refractivity contribution in [3.8, 4) is 0 Å². The van der Waals surface area contributed by atoms with Gasteiger partial charge in [0.25, 0.3) is 0 Å². The molecule has 6 heteroatoms. The van der Waals surface area contributed by atoms with Gasteiger partial charge in [-0.1, -0.05) is 25.1 Å². The van der Waals surface area contributed by atoms with Gasteiger partial charge in [0, 0.05) is 29.7 Å². The number of hydrogen-bond donors (Lipinski definition) is 0. The van der Waals surface area contributed by atoms with Crippen molar-refractivity contribution in [3.63, 3.8) is 0 Å². The average Bonchev–Trinajstić information content (AvgIpc) is 2.85.